The van der Waals surface area contributed by atoms with E-state index in [1.807, 2.05) is 4.72 Å². The van der Waals surface area contributed by atoms with Crippen LogP contribution in [0.3, 0.4) is 0 Å². The molecule has 0 radical (unpaired) electrons. The fraction of sp³-hybridized carbons (Fsp3) is 0.417. The van der Waals surface area contributed by atoms with Crippen LogP contribution in [-0.4, -0.2) is 25.4 Å². The number of aliphatic carboxylic acids is 1. The van der Waals surface area contributed by atoms with Crippen molar-refractivity contribution in [3.63, 3.8) is 0 Å². The molecule has 0 unspecified atom stereocenters. The second-order valence-corrected chi connectivity index (χ2v) is 6.53. The van der Waals surface area contributed by atoms with Crippen molar-refractivity contribution in [2.24, 2.45) is 5.92 Å². The predicted molar refractivity (Wildman–Crippen MR) is 71.7 cm³/mol. The van der Waals surface area contributed by atoms with E-state index in [4.69, 9.17) is 0 Å². The molecule has 0 saturated heterocycles. The van der Waals surface area contributed by atoms with Gasteiger partial charge in [-0.3, -0.25) is 10.1 Å². The van der Waals surface area contributed by atoms with Gasteiger partial charge in [0.25, 0.3) is 5.69 Å². The quantitative estimate of drug-likeness (QED) is 0.558. The van der Waals surface area contributed by atoms with E-state index in [1.165, 1.54) is 12.1 Å². The number of hydrogen-bond donors (Lipinski definition) is 1. The van der Waals surface area contributed by atoms with Gasteiger partial charge in [-0.1, -0.05) is 26.0 Å². The van der Waals surface area contributed by atoms with Crippen molar-refractivity contribution in [1.82, 2.24) is 4.72 Å². The minimum Gasteiger partial charge on any atom is -0.548 e. The van der Waals surface area contributed by atoms with Crippen LogP contribution in [0.2, 0.25) is 0 Å². The van der Waals surface area contributed by atoms with E-state index < -0.39 is 37.5 Å². The average Bonchev–Trinajstić information content (AvgIpc) is 2.37. The van der Waals surface area contributed by atoms with Crippen molar-refractivity contribution in [2.75, 3.05) is 0 Å². The Labute approximate surface area is 122 Å². The number of nitrogens with zero attached hydrogens (tertiary/aromatic N) is 1. The molecule has 1 N–H and O–H groups in total. The lowest BCUT2D eigenvalue weighted by atomic mass is 10.1. The van der Waals surface area contributed by atoms with Crippen molar-refractivity contribution < 1.29 is 23.2 Å². The Hall–Kier alpha value is -2.00. The van der Waals surface area contributed by atoms with Crippen molar-refractivity contribution in [3.05, 3.63) is 34.4 Å². The van der Waals surface area contributed by atoms with E-state index in [-0.39, 0.29) is 12.3 Å². The Morgan fingerprint density at radius 1 is 1.33 bits per heavy atom. The summed E-state index contributed by atoms with van der Waals surface area (Å²) in [5.74, 6) is -1.67. The van der Waals surface area contributed by atoms with Crippen LogP contribution in [0.1, 0.15) is 20.3 Å². The number of hydrogen-bond acceptors (Lipinski definition) is 6. The molecule has 0 aliphatic carbocycles. The van der Waals surface area contributed by atoms with Crippen LogP contribution in [-0.2, 0) is 14.8 Å². The minimum atomic E-state index is -4.34. The lowest BCUT2D eigenvalue weighted by molar-refractivity contribution is -0.387. The zero-order valence-corrected chi connectivity index (χ0v) is 12.3. The number of nitrogens with one attached hydrogen (secondary N) is 1. The Bertz CT molecular complexity index is 641. The molecule has 0 heterocycles. The summed E-state index contributed by atoms with van der Waals surface area (Å²) >= 11 is 0. The van der Waals surface area contributed by atoms with Crippen molar-refractivity contribution in [2.45, 2.75) is 31.2 Å². The highest BCUT2D eigenvalue weighted by Gasteiger charge is 2.28. The summed E-state index contributed by atoms with van der Waals surface area (Å²) < 4.78 is 26.2. The third kappa shape index (κ3) is 4.50. The van der Waals surface area contributed by atoms with Gasteiger partial charge in [0.2, 0.25) is 10.0 Å². The average molecular weight is 315 g/mol. The van der Waals surface area contributed by atoms with Gasteiger partial charge >= 0.3 is 0 Å². The second kappa shape index (κ2) is 6.64. The first-order valence-corrected chi connectivity index (χ1v) is 7.60. The lowest BCUT2D eigenvalue weighted by Gasteiger charge is -2.21. The molecular formula is C12H15N2O6S-. The van der Waals surface area contributed by atoms with E-state index in [0.29, 0.717) is 0 Å². The minimum absolute atomic E-state index is 0.0161. The highest BCUT2D eigenvalue weighted by molar-refractivity contribution is 7.89. The van der Waals surface area contributed by atoms with Crippen LogP contribution < -0.4 is 9.83 Å². The van der Waals surface area contributed by atoms with E-state index in [0.717, 1.165) is 12.1 Å². The molecule has 0 amide bonds. The van der Waals surface area contributed by atoms with Gasteiger partial charge in [-0.15, -0.1) is 0 Å². The van der Waals surface area contributed by atoms with Gasteiger partial charge in [0.15, 0.2) is 4.90 Å². The second-order valence-electron chi connectivity index (χ2n) is 4.85. The molecule has 1 aromatic carbocycles. The molecular weight excluding hydrogens is 300 g/mol. The van der Waals surface area contributed by atoms with Gasteiger partial charge in [0, 0.05) is 6.07 Å². The Kier molecular flexibility index (Phi) is 5.39. The number of sulfonamides is 1. The number of rotatable bonds is 7. The Morgan fingerprint density at radius 3 is 2.38 bits per heavy atom. The number of carbonyl (C=O) groups is 1. The molecule has 0 aliphatic rings. The lowest BCUT2D eigenvalue weighted by Crippen LogP contribution is -2.48. The molecule has 0 saturated carbocycles. The molecule has 116 valence electrons. The van der Waals surface area contributed by atoms with Crippen molar-refractivity contribution in [3.8, 4) is 0 Å². The first kappa shape index (κ1) is 17.1. The molecule has 1 aromatic rings. The number of nitro benzene ring substituents is 1. The highest BCUT2D eigenvalue weighted by Crippen LogP contribution is 2.23. The van der Waals surface area contributed by atoms with Crippen LogP contribution in [0.4, 0.5) is 5.69 Å². The predicted octanol–water partition coefficient (Wildman–Crippen LogP) is 0.0377. The van der Waals surface area contributed by atoms with E-state index in [2.05, 4.69) is 0 Å². The third-order valence-electron chi connectivity index (χ3n) is 2.64. The standard InChI is InChI=1S/C12H16N2O6S/c1-8(2)7-9(12(15)16)13-21(19,20)11-6-4-3-5-10(11)14(17)18/h3-6,8-9,13H,7H2,1-2H3,(H,15,16)/p-1/t9-/m0/s1. The number of benzene rings is 1. The van der Waals surface area contributed by atoms with Gasteiger partial charge in [-0.05, 0) is 18.4 Å². The number of carboxylic acids is 1. The summed E-state index contributed by atoms with van der Waals surface area (Å²) in [5, 5.41) is 21.8. The van der Waals surface area contributed by atoms with Gasteiger partial charge < -0.3 is 9.90 Å². The molecule has 0 bridgehead atoms. The van der Waals surface area contributed by atoms with Gasteiger partial charge in [0.1, 0.15) is 0 Å². The van der Waals surface area contributed by atoms with E-state index >= 15 is 0 Å². The summed E-state index contributed by atoms with van der Waals surface area (Å²) in [6.45, 7) is 3.43. The SMILES string of the molecule is CC(C)C[C@H](NS(=O)(=O)c1ccccc1[N+](=O)[O-])C(=O)[O-]. The third-order valence-corrected chi connectivity index (χ3v) is 4.16. The normalized spacial score (nSPS) is 13.1. The maximum absolute atomic E-state index is 12.1. The number of nitro groups is 1. The van der Waals surface area contributed by atoms with Crippen LogP contribution >= 0.6 is 0 Å². The fourth-order valence-corrected chi connectivity index (χ4v) is 3.12. The van der Waals surface area contributed by atoms with Gasteiger partial charge in [-0.25, -0.2) is 13.1 Å². The fourth-order valence-electron chi connectivity index (χ4n) is 1.75. The van der Waals surface area contributed by atoms with Crippen molar-refractivity contribution in [1.29, 1.82) is 0 Å². The summed E-state index contributed by atoms with van der Waals surface area (Å²) in [4.78, 5) is 20.4. The topological polar surface area (TPSA) is 129 Å². The number of carbonyl (C=O) groups excluding carboxylic acids is 1. The number of carboxylic acid groups (broad SMARTS) is 1. The molecule has 0 spiro atoms. The zero-order valence-electron chi connectivity index (χ0n) is 11.5. The Morgan fingerprint density at radius 2 is 1.90 bits per heavy atom. The van der Waals surface area contributed by atoms with E-state index in [1.54, 1.807) is 13.8 Å². The van der Waals surface area contributed by atoms with Crippen LogP contribution in [0, 0.1) is 16.0 Å². The molecule has 1 rings (SSSR count). The zero-order chi connectivity index (χ0) is 16.2. The summed E-state index contributed by atoms with van der Waals surface area (Å²) in [6.07, 6.45) is 0.0161. The first-order valence-electron chi connectivity index (χ1n) is 6.11. The smallest absolute Gasteiger partial charge is 0.289 e. The molecule has 0 aliphatic heterocycles. The maximum atomic E-state index is 12.1. The molecule has 0 aromatic heterocycles. The first-order chi connectivity index (χ1) is 9.65. The molecule has 1 atom stereocenters. The Balaban J connectivity index is 3.17. The maximum Gasteiger partial charge on any atom is 0.289 e. The van der Waals surface area contributed by atoms with Crippen LogP contribution in [0.5, 0.6) is 0 Å². The highest BCUT2D eigenvalue weighted by atomic mass is 32.2. The molecule has 21 heavy (non-hydrogen) atoms. The van der Waals surface area contributed by atoms with E-state index in [9.17, 15) is 28.4 Å². The van der Waals surface area contributed by atoms with Gasteiger partial charge in [0.05, 0.1) is 16.9 Å². The van der Waals surface area contributed by atoms with Crippen molar-refractivity contribution >= 4 is 21.7 Å². The molecule has 9 heteroatoms. The largest absolute Gasteiger partial charge is 0.548 e. The van der Waals surface area contributed by atoms with Gasteiger partial charge in [-0.2, -0.15) is 0 Å². The van der Waals surface area contributed by atoms with Crippen LogP contribution in [0.15, 0.2) is 29.2 Å². The monoisotopic (exact) mass is 315 g/mol. The summed E-state index contributed by atoms with van der Waals surface area (Å²) in [7, 11) is -4.34. The summed E-state index contributed by atoms with van der Waals surface area (Å²) in [5.41, 5.74) is -0.619. The summed E-state index contributed by atoms with van der Waals surface area (Å²) in [6, 6.07) is 3.27. The number of para-hydroxylation sites is 1. The van der Waals surface area contributed by atoms with Crippen LogP contribution in [0.25, 0.3) is 0 Å². The molecule has 8 nitrogen and oxygen atoms in total. The molecule has 0 fully saturated rings.